The molecule has 1 aromatic rings. The molecule has 0 fully saturated rings. The predicted molar refractivity (Wildman–Crippen MR) is 65.7 cm³/mol. The maximum absolute atomic E-state index is 9.74. The van der Waals surface area contributed by atoms with Crippen LogP contribution in [0.15, 0.2) is 24.3 Å². The molecule has 1 aromatic carbocycles. The van der Waals surface area contributed by atoms with Crippen LogP contribution < -0.4 is 4.74 Å². The summed E-state index contributed by atoms with van der Waals surface area (Å²) >= 11 is 1.76. The average molecular weight is 226 g/mol. The summed E-state index contributed by atoms with van der Waals surface area (Å²) in [7, 11) is 1.66. The van der Waals surface area contributed by atoms with Crippen LogP contribution in [0.2, 0.25) is 0 Å². The number of ether oxygens (including phenoxy) is 1. The third-order valence-electron chi connectivity index (χ3n) is 2.26. The van der Waals surface area contributed by atoms with Crippen LogP contribution in [-0.4, -0.2) is 30.3 Å². The van der Waals surface area contributed by atoms with Gasteiger partial charge < -0.3 is 9.84 Å². The van der Waals surface area contributed by atoms with Crippen LogP contribution in [0.1, 0.15) is 12.0 Å². The lowest BCUT2D eigenvalue weighted by Gasteiger charge is -2.10. The Hall–Kier alpha value is -0.670. The van der Waals surface area contributed by atoms with E-state index >= 15 is 0 Å². The second kappa shape index (κ2) is 6.75. The van der Waals surface area contributed by atoms with Crippen LogP contribution in [0, 0.1) is 0 Å². The molecule has 2 nitrogen and oxygen atoms in total. The molecule has 0 aromatic heterocycles. The summed E-state index contributed by atoms with van der Waals surface area (Å²) in [4.78, 5) is 0. The zero-order valence-electron chi connectivity index (χ0n) is 9.27. The average Bonchev–Trinajstić information content (AvgIpc) is 2.26. The Morgan fingerprint density at radius 1 is 1.47 bits per heavy atom. The maximum atomic E-state index is 9.74. The van der Waals surface area contributed by atoms with E-state index in [0.29, 0.717) is 6.42 Å². The molecule has 0 radical (unpaired) electrons. The summed E-state index contributed by atoms with van der Waals surface area (Å²) in [6.07, 6.45) is 3.36. The minimum Gasteiger partial charge on any atom is -0.497 e. The van der Waals surface area contributed by atoms with Gasteiger partial charge in [0.1, 0.15) is 5.75 Å². The van der Waals surface area contributed by atoms with E-state index < -0.39 is 0 Å². The number of methoxy groups -OCH3 is 1. The summed E-state index contributed by atoms with van der Waals surface area (Å²) in [6, 6.07) is 7.86. The molecule has 0 spiro atoms. The van der Waals surface area contributed by atoms with E-state index in [-0.39, 0.29) is 6.10 Å². The quantitative estimate of drug-likeness (QED) is 0.807. The molecule has 0 bridgehead atoms. The van der Waals surface area contributed by atoms with Gasteiger partial charge >= 0.3 is 0 Å². The van der Waals surface area contributed by atoms with Crippen LogP contribution in [0.25, 0.3) is 0 Å². The fraction of sp³-hybridized carbons (Fsp3) is 0.500. The highest BCUT2D eigenvalue weighted by Gasteiger charge is 2.05. The molecular weight excluding hydrogens is 208 g/mol. The second-order valence-electron chi connectivity index (χ2n) is 3.49. The van der Waals surface area contributed by atoms with Crippen molar-refractivity contribution in [1.29, 1.82) is 0 Å². The van der Waals surface area contributed by atoms with Crippen LogP contribution in [-0.2, 0) is 6.42 Å². The SMILES string of the molecule is COc1cccc(CC(O)CCSC)c1. The Kier molecular flexibility index (Phi) is 5.58. The Morgan fingerprint density at radius 3 is 2.93 bits per heavy atom. The highest BCUT2D eigenvalue weighted by molar-refractivity contribution is 7.98. The fourth-order valence-electron chi connectivity index (χ4n) is 1.43. The van der Waals surface area contributed by atoms with Crippen molar-refractivity contribution >= 4 is 11.8 Å². The number of thioether (sulfide) groups is 1. The van der Waals surface area contributed by atoms with Crippen molar-refractivity contribution in [3.8, 4) is 5.75 Å². The van der Waals surface area contributed by atoms with Gasteiger partial charge in [-0.1, -0.05) is 12.1 Å². The smallest absolute Gasteiger partial charge is 0.119 e. The van der Waals surface area contributed by atoms with Crippen LogP contribution in [0.3, 0.4) is 0 Å². The summed E-state index contributed by atoms with van der Waals surface area (Å²) in [5, 5.41) is 9.74. The number of rotatable bonds is 6. The van der Waals surface area contributed by atoms with Crippen LogP contribution in [0.5, 0.6) is 5.75 Å². The van der Waals surface area contributed by atoms with Crippen LogP contribution in [0.4, 0.5) is 0 Å². The number of hydrogen-bond donors (Lipinski definition) is 1. The molecule has 1 rings (SSSR count). The first-order valence-electron chi connectivity index (χ1n) is 5.06. The van der Waals surface area contributed by atoms with E-state index in [0.717, 1.165) is 23.5 Å². The Balaban J connectivity index is 2.48. The van der Waals surface area contributed by atoms with Crippen LogP contribution >= 0.6 is 11.8 Å². The Morgan fingerprint density at radius 2 is 2.27 bits per heavy atom. The first kappa shape index (κ1) is 12.4. The minimum atomic E-state index is -0.246. The van der Waals surface area contributed by atoms with Gasteiger partial charge in [-0.25, -0.2) is 0 Å². The lowest BCUT2D eigenvalue weighted by atomic mass is 10.1. The molecule has 0 saturated heterocycles. The van der Waals surface area contributed by atoms with E-state index in [1.807, 2.05) is 24.3 Å². The molecule has 0 amide bonds. The molecular formula is C12H18O2S. The van der Waals surface area contributed by atoms with Gasteiger partial charge in [-0.05, 0) is 42.5 Å². The normalized spacial score (nSPS) is 12.5. The van der Waals surface area contributed by atoms with Crippen molar-refractivity contribution in [3.63, 3.8) is 0 Å². The molecule has 1 unspecified atom stereocenters. The molecule has 0 saturated carbocycles. The van der Waals surface area contributed by atoms with E-state index in [1.165, 1.54) is 0 Å². The summed E-state index contributed by atoms with van der Waals surface area (Å²) in [6.45, 7) is 0. The standard InChI is InChI=1S/C12H18O2S/c1-14-12-5-3-4-10(9-12)8-11(13)6-7-15-2/h3-5,9,11,13H,6-8H2,1-2H3. The van der Waals surface area contributed by atoms with Gasteiger partial charge in [0.15, 0.2) is 0 Å². The van der Waals surface area contributed by atoms with Gasteiger partial charge in [0.25, 0.3) is 0 Å². The van der Waals surface area contributed by atoms with Crippen molar-refractivity contribution in [1.82, 2.24) is 0 Å². The number of benzene rings is 1. The van der Waals surface area contributed by atoms with Crippen molar-refractivity contribution < 1.29 is 9.84 Å². The third kappa shape index (κ3) is 4.58. The molecule has 15 heavy (non-hydrogen) atoms. The van der Waals surface area contributed by atoms with Gasteiger partial charge in [0.05, 0.1) is 13.2 Å². The number of aliphatic hydroxyl groups is 1. The zero-order chi connectivity index (χ0) is 11.1. The number of hydrogen-bond acceptors (Lipinski definition) is 3. The largest absolute Gasteiger partial charge is 0.497 e. The molecule has 1 N–H and O–H groups in total. The predicted octanol–water partition coefficient (Wildman–Crippen LogP) is 2.35. The van der Waals surface area contributed by atoms with E-state index in [4.69, 9.17) is 4.74 Å². The summed E-state index contributed by atoms with van der Waals surface area (Å²) in [5.41, 5.74) is 1.13. The summed E-state index contributed by atoms with van der Waals surface area (Å²) in [5.74, 6) is 1.86. The highest BCUT2D eigenvalue weighted by atomic mass is 32.2. The lowest BCUT2D eigenvalue weighted by molar-refractivity contribution is 0.172. The van der Waals surface area contributed by atoms with Gasteiger partial charge in [0.2, 0.25) is 0 Å². The molecule has 84 valence electrons. The molecule has 3 heteroatoms. The lowest BCUT2D eigenvalue weighted by Crippen LogP contribution is -2.11. The second-order valence-corrected chi connectivity index (χ2v) is 4.48. The fourth-order valence-corrected chi connectivity index (χ4v) is 1.94. The molecule has 0 aliphatic rings. The first-order valence-corrected chi connectivity index (χ1v) is 6.45. The third-order valence-corrected chi connectivity index (χ3v) is 2.90. The van der Waals surface area contributed by atoms with Crippen molar-refractivity contribution in [2.24, 2.45) is 0 Å². The Bertz CT molecular complexity index is 289. The van der Waals surface area contributed by atoms with Gasteiger partial charge in [-0.15, -0.1) is 0 Å². The first-order chi connectivity index (χ1) is 7.26. The minimum absolute atomic E-state index is 0.246. The molecule has 0 aliphatic heterocycles. The monoisotopic (exact) mass is 226 g/mol. The van der Waals surface area contributed by atoms with Crippen molar-refractivity contribution in [2.45, 2.75) is 18.9 Å². The van der Waals surface area contributed by atoms with Gasteiger partial charge in [-0.3, -0.25) is 0 Å². The van der Waals surface area contributed by atoms with E-state index in [9.17, 15) is 5.11 Å². The maximum Gasteiger partial charge on any atom is 0.119 e. The van der Waals surface area contributed by atoms with E-state index in [2.05, 4.69) is 6.26 Å². The zero-order valence-corrected chi connectivity index (χ0v) is 10.1. The molecule has 1 atom stereocenters. The van der Waals surface area contributed by atoms with Gasteiger partial charge in [0, 0.05) is 0 Å². The van der Waals surface area contributed by atoms with Crippen molar-refractivity contribution in [2.75, 3.05) is 19.1 Å². The number of aliphatic hydroxyl groups excluding tert-OH is 1. The molecule has 0 aliphatic carbocycles. The molecule has 0 heterocycles. The van der Waals surface area contributed by atoms with E-state index in [1.54, 1.807) is 18.9 Å². The highest BCUT2D eigenvalue weighted by Crippen LogP contribution is 2.15. The summed E-state index contributed by atoms with van der Waals surface area (Å²) < 4.78 is 5.13. The topological polar surface area (TPSA) is 29.5 Å². The Labute approximate surface area is 95.7 Å². The van der Waals surface area contributed by atoms with Gasteiger partial charge in [-0.2, -0.15) is 11.8 Å². The van der Waals surface area contributed by atoms with Crippen molar-refractivity contribution in [3.05, 3.63) is 29.8 Å².